The first-order valence-electron chi connectivity index (χ1n) is 6.93. The number of hydrogen-bond donors (Lipinski definition) is 1. The molecule has 2 aliphatic heterocycles. The van der Waals surface area contributed by atoms with Crippen LogP contribution in [-0.2, 0) is 0 Å². The molecule has 1 aromatic carbocycles. The first-order chi connectivity index (χ1) is 10.1. The third-order valence-electron chi connectivity index (χ3n) is 4.30. The number of ether oxygens (including phenoxy) is 1. The molecule has 1 amide bonds. The first kappa shape index (κ1) is 13.8. The molecule has 2 aliphatic rings. The van der Waals surface area contributed by atoms with E-state index in [0.717, 1.165) is 13.1 Å². The van der Waals surface area contributed by atoms with Crippen LogP contribution in [0.3, 0.4) is 0 Å². The van der Waals surface area contributed by atoms with Gasteiger partial charge in [-0.25, -0.2) is 0 Å². The van der Waals surface area contributed by atoms with Gasteiger partial charge in [-0.3, -0.25) is 14.9 Å². The van der Waals surface area contributed by atoms with E-state index in [1.165, 1.54) is 19.2 Å². The molecular formula is C14H17N3O4. The number of nitrogens with zero attached hydrogens (tertiary/aromatic N) is 2. The second-order valence-electron chi connectivity index (χ2n) is 5.50. The summed E-state index contributed by atoms with van der Waals surface area (Å²) in [4.78, 5) is 24.9. The molecule has 0 spiro atoms. The van der Waals surface area contributed by atoms with Crippen molar-refractivity contribution in [3.05, 3.63) is 33.9 Å². The highest BCUT2D eigenvalue weighted by Crippen LogP contribution is 2.34. The maximum absolute atomic E-state index is 12.6. The molecule has 3 rings (SSSR count). The van der Waals surface area contributed by atoms with Crippen LogP contribution in [0, 0.1) is 22.0 Å². The number of hydrogen-bond acceptors (Lipinski definition) is 5. The van der Waals surface area contributed by atoms with E-state index in [-0.39, 0.29) is 22.9 Å². The number of para-hydroxylation sites is 1. The summed E-state index contributed by atoms with van der Waals surface area (Å²) in [6.45, 7) is 3.26. The standard InChI is InChI=1S/C14H17N3O4/c1-21-13-11(3-2-4-12(13)17(19)20)14(18)16-7-9-5-15-6-10(9)8-16/h2-4,9-10,15H,5-8H2,1H3/t9-,10+. The smallest absolute Gasteiger partial charge is 0.311 e. The van der Waals surface area contributed by atoms with E-state index in [1.54, 1.807) is 11.0 Å². The first-order valence-corrected chi connectivity index (χ1v) is 6.93. The monoisotopic (exact) mass is 291 g/mol. The summed E-state index contributed by atoms with van der Waals surface area (Å²) in [5, 5.41) is 14.3. The lowest BCUT2D eigenvalue weighted by Crippen LogP contribution is -2.32. The van der Waals surface area contributed by atoms with Gasteiger partial charge in [0.25, 0.3) is 5.91 Å². The molecule has 2 fully saturated rings. The Labute approximate surface area is 122 Å². The third kappa shape index (κ3) is 2.33. The summed E-state index contributed by atoms with van der Waals surface area (Å²) in [6, 6.07) is 4.45. The average molecular weight is 291 g/mol. The quantitative estimate of drug-likeness (QED) is 0.660. The average Bonchev–Trinajstić information content (AvgIpc) is 3.06. The number of carbonyl (C=O) groups excluding carboxylic acids is 1. The third-order valence-corrected chi connectivity index (χ3v) is 4.30. The van der Waals surface area contributed by atoms with Crippen molar-refractivity contribution in [1.29, 1.82) is 0 Å². The fourth-order valence-electron chi connectivity index (χ4n) is 3.24. The summed E-state index contributed by atoms with van der Waals surface area (Å²) in [7, 11) is 1.35. The number of rotatable bonds is 3. The van der Waals surface area contributed by atoms with Gasteiger partial charge in [-0.1, -0.05) is 6.07 Å². The van der Waals surface area contributed by atoms with Gasteiger partial charge in [0.1, 0.15) is 0 Å². The van der Waals surface area contributed by atoms with Gasteiger partial charge in [0, 0.05) is 32.2 Å². The number of fused-ring (bicyclic) bond motifs is 1. The normalized spacial score (nSPS) is 24.0. The lowest BCUT2D eigenvalue weighted by Gasteiger charge is -2.18. The van der Waals surface area contributed by atoms with Crippen LogP contribution in [0.15, 0.2) is 18.2 Å². The lowest BCUT2D eigenvalue weighted by atomic mass is 10.0. The van der Waals surface area contributed by atoms with Crippen LogP contribution in [0.2, 0.25) is 0 Å². The van der Waals surface area contributed by atoms with E-state index in [4.69, 9.17) is 4.74 Å². The molecule has 0 unspecified atom stereocenters. The zero-order chi connectivity index (χ0) is 15.0. The minimum Gasteiger partial charge on any atom is -0.490 e. The van der Waals surface area contributed by atoms with Crippen LogP contribution in [0.1, 0.15) is 10.4 Å². The van der Waals surface area contributed by atoms with E-state index in [2.05, 4.69) is 5.32 Å². The molecule has 0 aliphatic carbocycles. The van der Waals surface area contributed by atoms with Crippen LogP contribution in [0.5, 0.6) is 5.75 Å². The van der Waals surface area contributed by atoms with E-state index in [9.17, 15) is 14.9 Å². The molecule has 1 N–H and O–H groups in total. The zero-order valence-corrected chi connectivity index (χ0v) is 11.7. The van der Waals surface area contributed by atoms with Crippen LogP contribution in [0.25, 0.3) is 0 Å². The predicted octanol–water partition coefficient (Wildman–Crippen LogP) is 0.895. The Morgan fingerprint density at radius 2 is 2.05 bits per heavy atom. The van der Waals surface area contributed by atoms with Crippen LogP contribution in [0.4, 0.5) is 5.69 Å². The molecule has 0 radical (unpaired) electrons. The van der Waals surface area contributed by atoms with Crippen molar-refractivity contribution in [2.45, 2.75) is 0 Å². The van der Waals surface area contributed by atoms with Crippen molar-refractivity contribution in [3.8, 4) is 5.75 Å². The molecule has 112 valence electrons. The Morgan fingerprint density at radius 3 is 2.62 bits per heavy atom. The molecule has 1 aromatic rings. The van der Waals surface area contributed by atoms with Gasteiger partial charge in [-0.15, -0.1) is 0 Å². The minimum absolute atomic E-state index is 0.0442. The van der Waals surface area contributed by atoms with Gasteiger partial charge in [0.15, 0.2) is 0 Å². The molecule has 2 atom stereocenters. The van der Waals surface area contributed by atoms with Crippen LogP contribution >= 0.6 is 0 Å². The van der Waals surface area contributed by atoms with Crippen LogP contribution in [-0.4, -0.2) is 49.0 Å². The molecular weight excluding hydrogens is 274 g/mol. The Kier molecular flexibility index (Phi) is 3.50. The molecule has 0 bridgehead atoms. The van der Waals surface area contributed by atoms with Crippen molar-refractivity contribution in [3.63, 3.8) is 0 Å². The predicted molar refractivity (Wildman–Crippen MR) is 75.4 cm³/mol. The van der Waals surface area contributed by atoms with Crippen molar-refractivity contribution in [2.75, 3.05) is 33.3 Å². The molecule has 21 heavy (non-hydrogen) atoms. The summed E-state index contributed by atoms with van der Waals surface area (Å²) in [6.07, 6.45) is 0. The fraction of sp³-hybridized carbons (Fsp3) is 0.500. The summed E-state index contributed by atoms with van der Waals surface area (Å²) in [5.41, 5.74) is 0.0871. The maximum atomic E-state index is 12.6. The van der Waals surface area contributed by atoms with Crippen LogP contribution < -0.4 is 10.1 Å². The van der Waals surface area contributed by atoms with E-state index in [0.29, 0.717) is 24.9 Å². The molecule has 7 heteroatoms. The van der Waals surface area contributed by atoms with Crippen molar-refractivity contribution in [2.24, 2.45) is 11.8 Å². The number of amides is 1. The number of nitro benzene ring substituents is 1. The Bertz CT molecular complexity index is 578. The number of carbonyl (C=O) groups is 1. The highest BCUT2D eigenvalue weighted by Gasteiger charge is 2.39. The topological polar surface area (TPSA) is 84.7 Å². The maximum Gasteiger partial charge on any atom is 0.311 e. The molecule has 7 nitrogen and oxygen atoms in total. The highest BCUT2D eigenvalue weighted by atomic mass is 16.6. The summed E-state index contributed by atoms with van der Waals surface area (Å²) >= 11 is 0. The Balaban J connectivity index is 1.88. The van der Waals surface area contributed by atoms with Gasteiger partial charge < -0.3 is 15.0 Å². The van der Waals surface area contributed by atoms with Crippen molar-refractivity contribution in [1.82, 2.24) is 10.2 Å². The summed E-state index contributed by atoms with van der Waals surface area (Å²) < 4.78 is 5.11. The molecule has 0 aromatic heterocycles. The number of likely N-dealkylation sites (tertiary alicyclic amines) is 1. The SMILES string of the molecule is COc1c(C(=O)N2C[C@H]3CNC[C@H]3C2)cccc1[N+](=O)[O-]. The number of nitrogens with one attached hydrogen (secondary N) is 1. The van der Waals surface area contributed by atoms with Gasteiger partial charge >= 0.3 is 5.69 Å². The minimum atomic E-state index is -0.530. The second-order valence-corrected chi connectivity index (χ2v) is 5.50. The van der Waals surface area contributed by atoms with Crippen molar-refractivity contribution >= 4 is 11.6 Å². The molecule has 2 heterocycles. The number of nitro groups is 1. The van der Waals surface area contributed by atoms with Gasteiger partial charge in [0.05, 0.1) is 17.6 Å². The highest BCUT2D eigenvalue weighted by molar-refractivity contribution is 5.98. The molecule has 0 saturated carbocycles. The second kappa shape index (κ2) is 5.33. The summed E-state index contributed by atoms with van der Waals surface area (Å²) in [5.74, 6) is 0.824. The van der Waals surface area contributed by atoms with E-state index in [1.807, 2.05) is 0 Å². The Morgan fingerprint density at radius 1 is 1.38 bits per heavy atom. The number of methoxy groups -OCH3 is 1. The lowest BCUT2D eigenvalue weighted by molar-refractivity contribution is -0.385. The Hall–Kier alpha value is -2.15. The van der Waals surface area contributed by atoms with Gasteiger partial charge in [0.2, 0.25) is 5.75 Å². The largest absolute Gasteiger partial charge is 0.490 e. The van der Waals surface area contributed by atoms with Gasteiger partial charge in [-0.05, 0) is 17.9 Å². The zero-order valence-electron chi connectivity index (χ0n) is 11.7. The van der Waals surface area contributed by atoms with E-state index >= 15 is 0 Å². The fourth-order valence-corrected chi connectivity index (χ4v) is 3.24. The molecule has 2 saturated heterocycles. The van der Waals surface area contributed by atoms with Crippen molar-refractivity contribution < 1.29 is 14.5 Å². The van der Waals surface area contributed by atoms with E-state index < -0.39 is 4.92 Å². The van der Waals surface area contributed by atoms with Gasteiger partial charge in [-0.2, -0.15) is 0 Å². The number of benzene rings is 1.